The number of hydrogen-bond acceptors (Lipinski definition) is 2. The first kappa shape index (κ1) is 7.82. The SMILES string of the molecule is Cl.O=C(O)C12CCN1CC2. The molecule has 2 heterocycles. The van der Waals surface area contributed by atoms with Crippen LogP contribution in [0.15, 0.2) is 0 Å². The van der Waals surface area contributed by atoms with E-state index in [1.807, 2.05) is 4.90 Å². The summed E-state index contributed by atoms with van der Waals surface area (Å²) in [6.07, 6.45) is 1.73. The van der Waals surface area contributed by atoms with E-state index in [2.05, 4.69) is 0 Å². The molecule has 0 radical (unpaired) electrons. The average molecular weight is 164 g/mol. The van der Waals surface area contributed by atoms with E-state index in [9.17, 15) is 4.79 Å². The van der Waals surface area contributed by atoms with Crippen molar-refractivity contribution in [3.05, 3.63) is 0 Å². The Kier molecular flexibility index (Phi) is 1.65. The van der Waals surface area contributed by atoms with Crippen LogP contribution in [-0.2, 0) is 4.79 Å². The number of hydrogen-bond donors (Lipinski definition) is 1. The van der Waals surface area contributed by atoms with Crippen LogP contribution in [0.25, 0.3) is 0 Å². The maximum atomic E-state index is 10.5. The summed E-state index contributed by atoms with van der Waals surface area (Å²) in [5, 5.41) is 8.67. The number of piperidine rings is 1. The van der Waals surface area contributed by atoms with Gasteiger partial charge in [-0.3, -0.25) is 9.69 Å². The van der Waals surface area contributed by atoms with Gasteiger partial charge in [-0.05, 0) is 12.8 Å². The maximum absolute atomic E-state index is 10.5. The highest BCUT2D eigenvalue weighted by atomic mass is 35.5. The normalized spacial score (nSPS) is 26.8. The van der Waals surface area contributed by atoms with Gasteiger partial charge in [-0.25, -0.2) is 0 Å². The summed E-state index contributed by atoms with van der Waals surface area (Å²) in [4.78, 5) is 12.5. The molecule has 2 aliphatic rings. The predicted octanol–water partition coefficient (Wildman–Crippen LogP) is 0.341. The van der Waals surface area contributed by atoms with Gasteiger partial charge in [0.25, 0.3) is 0 Å². The monoisotopic (exact) mass is 163 g/mol. The predicted molar refractivity (Wildman–Crippen MR) is 38.4 cm³/mol. The summed E-state index contributed by atoms with van der Waals surface area (Å²) in [5.41, 5.74) is -0.389. The Morgan fingerprint density at radius 2 is 1.90 bits per heavy atom. The molecule has 0 aromatic rings. The lowest BCUT2D eigenvalue weighted by molar-refractivity contribution is -0.179. The zero-order valence-corrected chi connectivity index (χ0v) is 6.36. The number of fused-ring (bicyclic) bond motifs is 1. The van der Waals surface area contributed by atoms with E-state index in [0.29, 0.717) is 0 Å². The fourth-order valence-corrected chi connectivity index (χ4v) is 1.67. The minimum absolute atomic E-state index is 0. The van der Waals surface area contributed by atoms with Crippen molar-refractivity contribution in [3.63, 3.8) is 0 Å². The Balaban J connectivity index is 0.000000500. The molecule has 0 bridgehead atoms. The number of aliphatic carboxylic acids is 1. The van der Waals surface area contributed by atoms with Gasteiger partial charge in [0, 0.05) is 13.1 Å². The van der Waals surface area contributed by atoms with Crippen molar-refractivity contribution in [2.75, 3.05) is 13.1 Å². The van der Waals surface area contributed by atoms with Gasteiger partial charge in [0.2, 0.25) is 0 Å². The van der Waals surface area contributed by atoms with Crippen LogP contribution in [0, 0.1) is 0 Å². The maximum Gasteiger partial charge on any atom is 0.324 e. The van der Waals surface area contributed by atoms with Crippen LogP contribution in [0.5, 0.6) is 0 Å². The number of nitrogens with zero attached hydrogens (tertiary/aromatic N) is 1. The minimum atomic E-state index is -0.625. The third-order valence-electron chi connectivity index (χ3n) is 2.59. The molecule has 2 aliphatic heterocycles. The van der Waals surface area contributed by atoms with Gasteiger partial charge in [0.05, 0.1) is 0 Å². The molecule has 0 unspecified atom stereocenters. The summed E-state index contributed by atoms with van der Waals surface area (Å²) in [5.74, 6) is -0.625. The topological polar surface area (TPSA) is 40.5 Å². The average Bonchev–Trinajstić information content (AvgIpc) is 1.76. The largest absolute Gasteiger partial charge is 0.480 e. The Morgan fingerprint density at radius 1 is 1.40 bits per heavy atom. The quantitative estimate of drug-likeness (QED) is 0.606. The molecule has 3 nitrogen and oxygen atoms in total. The molecule has 0 amide bonds. The molecule has 1 N–H and O–H groups in total. The Morgan fingerprint density at radius 3 is 1.90 bits per heavy atom. The number of carbonyl (C=O) groups is 1. The highest BCUT2D eigenvalue weighted by Gasteiger charge is 2.57. The summed E-state index contributed by atoms with van der Waals surface area (Å²) in [6, 6.07) is 0. The van der Waals surface area contributed by atoms with Crippen LogP contribution >= 0.6 is 12.4 Å². The van der Waals surface area contributed by atoms with Crippen molar-refractivity contribution in [1.29, 1.82) is 0 Å². The fraction of sp³-hybridized carbons (Fsp3) is 0.833. The van der Waals surface area contributed by atoms with Crippen LogP contribution in [0.4, 0.5) is 0 Å². The lowest BCUT2D eigenvalue weighted by Gasteiger charge is -2.58. The van der Waals surface area contributed by atoms with Crippen LogP contribution in [0.2, 0.25) is 0 Å². The molecule has 2 fully saturated rings. The van der Waals surface area contributed by atoms with Crippen molar-refractivity contribution in [2.24, 2.45) is 0 Å². The van der Waals surface area contributed by atoms with Gasteiger partial charge in [0.15, 0.2) is 0 Å². The molecule has 4 heteroatoms. The van der Waals surface area contributed by atoms with Crippen LogP contribution in [0.1, 0.15) is 12.8 Å². The lowest BCUT2D eigenvalue weighted by atomic mass is 9.74. The molecule has 0 spiro atoms. The number of rotatable bonds is 1. The van der Waals surface area contributed by atoms with Gasteiger partial charge >= 0.3 is 5.97 Å². The Hall–Kier alpha value is -0.280. The Labute approximate surface area is 65.4 Å². The first-order chi connectivity index (χ1) is 4.26. The molecule has 0 atom stereocenters. The molecule has 2 saturated heterocycles. The van der Waals surface area contributed by atoms with Gasteiger partial charge in [0.1, 0.15) is 5.54 Å². The van der Waals surface area contributed by atoms with Crippen molar-refractivity contribution in [1.82, 2.24) is 4.90 Å². The van der Waals surface area contributed by atoms with Crippen molar-refractivity contribution < 1.29 is 9.90 Å². The second kappa shape index (κ2) is 2.10. The van der Waals surface area contributed by atoms with E-state index >= 15 is 0 Å². The molecule has 2 rings (SSSR count). The van der Waals surface area contributed by atoms with Crippen LogP contribution in [0.3, 0.4) is 0 Å². The highest BCUT2D eigenvalue weighted by Crippen LogP contribution is 2.42. The van der Waals surface area contributed by atoms with E-state index in [1.165, 1.54) is 0 Å². The van der Waals surface area contributed by atoms with Gasteiger partial charge in [-0.2, -0.15) is 0 Å². The molecule has 0 aromatic heterocycles. The van der Waals surface area contributed by atoms with E-state index in [4.69, 9.17) is 5.11 Å². The zero-order chi connectivity index (χ0) is 6.48. The van der Waals surface area contributed by atoms with E-state index in [-0.39, 0.29) is 17.9 Å². The minimum Gasteiger partial charge on any atom is -0.480 e. The van der Waals surface area contributed by atoms with E-state index in [1.54, 1.807) is 0 Å². The molecule has 0 aliphatic carbocycles. The standard InChI is InChI=1S/C6H9NO2.ClH/c8-5(9)6-1-3-7(6)4-2-6;/h1-4H2,(H,8,9);1H. The number of halogens is 1. The third-order valence-corrected chi connectivity index (χ3v) is 2.59. The van der Waals surface area contributed by atoms with Gasteiger partial charge < -0.3 is 5.11 Å². The van der Waals surface area contributed by atoms with Gasteiger partial charge in [-0.15, -0.1) is 12.4 Å². The van der Waals surface area contributed by atoms with Crippen molar-refractivity contribution in [2.45, 2.75) is 18.4 Å². The molecule has 58 valence electrons. The van der Waals surface area contributed by atoms with Crippen LogP contribution < -0.4 is 0 Å². The lowest BCUT2D eigenvalue weighted by Crippen LogP contribution is -2.73. The van der Waals surface area contributed by atoms with Crippen molar-refractivity contribution >= 4 is 18.4 Å². The third kappa shape index (κ3) is 0.620. The summed E-state index contributed by atoms with van der Waals surface area (Å²) in [6.45, 7) is 1.98. The summed E-state index contributed by atoms with van der Waals surface area (Å²) >= 11 is 0. The smallest absolute Gasteiger partial charge is 0.324 e. The molecular formula is C6H10ClNO2. The number of carboxylic acid groups (broad SMARTS) is 1. The van der Waals surface area contributed by atoms with Gasteiger partial charge in [-0.1, -0.05) is 0 Å². The molecule has 10 heavy (non-hydrogen) atoms. The summed E-state index contributed by atoms with van der Waals surface area (Å²) < 4.78 is 0. The van der Waals surface area contributed by atoms with Crippen molar-refractivity contribution in [3.8, 4) is 0 Å². The molecular weight excluding hydrogens is 154 g/mol. The highest BCUT2D eigenvalue weighted by molar-refractivity contribution is 5.85. The second-order valence-electron chi connectivity index (χ2n) is 2.82. The molecule has 0 saturated carbocycles. The van der Waals surface area contributed by atoms with Crippen LogP contribution in [-0.4, -0.2) is 34.6 Å². The van der Waals surface area contributed by atoms with E-state index in [0.717, 1.165) is 25.9 Å². The first-order valence-electron chi connectivity index (χ1n) is 3.24. The molecule has 0 aromatic carbocycles. The fourth-order valence-electron chi connectivity index (χ4n) is 1.67. The first-order valence-corrected chi connectivity index (χ1v) is 3.24. The number of carboxylic acids is 1. The zero-order valence-electron chi connectivity index (χ0n) is 5.54. The van der Waals surface area contributed by atoms with E-state index < -0.39 is 5.97 Å². The Bertz CT molecular complexity index is 163. The second-order valence-corrected chi connectivity index (χ2v) is 2.82. The summed E-state index contributed by atoms with van der Waals surface area (Å²) in [7, 11) is 0.